The number of hydrogen-bond donors (Lipinski definition) is 0. The first kappa shape index (κ1) is 16.2. The Bertz CT molecular complexity index is 808. The van der Waals surface area contributed by atoms with Crippen LogP contribution in [-0.2, 0) is 9.53 Å². The Hall–Kier alpha value is -2.70. The molecule has 1 atom stereocenters. The zero-order valence-electron chi connectivity index (χ0n) is 13.7. The van der Waals surface area contributed by atoms with E-state index in [-0.39, 0.29) is 11.7 Å². The van der Waals surface area contributed by atoms with Crippen molar-refractivity contribution in [3.63, 3.8) is 0 Å². The summed E-state index contributed by atoms with van der Waals surface area (Å²) in [6.07, 6.45) is 0.714. The molecular formula is C17H19N3O4. The van der Waals surface area contributed by atoms with Crippen molar-refractivity contribution in [3.05, 3.63) is 40.4 Å². The Kier molecular flexibility index (Phi) is 4.09. The summed E-state index contributed by atoms with van der Waals surface area (Å²) in [5.74, 6) is 0.591. The van der Waals surface area contributed by atoms with Crippen LogP contribution >= 0.6 is 0 Å². The zero-order valence-corrected chi connectivity index (χ0v) is 13.7. The van der Waals surface area contributed by atoms with Crippen molar-refractivity contribution in [2.24, 2.45) is 5.41 Å². The van der Waals surface area contributed by atoms with Crippen LogP contribution < -0.4 is 4.90 Å². The third kappa shape index (κ3) is 2.89. The summed E-state index contributed by atoms with van der Waals surface area (Å²) in [5, 5.41) is 11.6. The minimum Gasteiger partial charge on any atom is -0.466 e. The van der Waals surface area contributed by atoms with Crippen LogP contribution in [0, 0.1) is 15.5 Å². The minimum atomic E-state index is -0.526. The minimum absolute atomic E-state index is 0.0492. The number of benzene rings is 1. The molecule has 24 heavy (non-hydrogen) atoms. The molecule has 7 heteroatoms. The Morgan fingerprint density at radius 1 is 1.42 bits per heavy atom. The number of nitro groups is 1. The predicted molar refractivity (Wildman–Crippen MR) is 90.0 cm³/mol. The lowest BCUT2D eigenvalue weighted by Gasteiger charge is -2.23. The molecular weight excluding hydrogens is 310 g/mol. The van der Waals surface area contributed by atoms with Crippen molar-refractivity contribution >= 4 is 28.4 Å². The molecule has 0 bridgehead atoms. The first-order chi connectivity index (χ1) is 11.4. The number of carbonyl (C=O) groups excluding carboxylic acids is 1. The van der Waals surface area contributed by atoms with Crippen LogP contribution in [0.15, 0.2) is 30.3 Å². The molecule has 1 aliphatic rings. The molecule has 0 radical (unpaired) electrons. The molecule has 2 heterocycles. The summed E-state index contributed by atoms with van der Waals surface area (Å²) in [7, 11) is 0. The molecule has 1 unspecified atom stereocenters. The summed E-state index contributed by atoms with van der Waals surface area (Å²) in [5.41, 5.74) is 0.221. The van der Waals surface area contributed by atoms with E-state index in [1.54, 1.807) is 13.0 Å². The van der Waals surface area contributed by atoms with Gasteiger partial charge in [-0.25, -0.2) is 4.98 Å². The van der Waals surface area contributed by atoms with Gasteiger partial charge in [0.05, 0.1) is 22.5 Å². The van der Waals surface area contributed by atoms with Gasteiger partial charge in [0, 0.05) is 30.6 Å². The van der Waals surface area contributed by atoms with Gasteiger partial charge in [0.15, 0.2) is 0 Å². The second kappa shape index (κ2) is 6.07. The van der Waals surface area contributed by atoms with Crippen molar-refractivity contribution in [2.75, 3.05) is 24.6 Å². The number of carbonyl (C=O) groups is 1. The van der Waals surface area contributed by atoms with Gasteiger partial charge in [-0.1, -0.05) is 0 Å². The van der Waals surface area contributed by atoms with Crippen molar-refractivity contribution < 1.29 is 14.5 Å². The fraction of sp³-hybridized carbons (Fsp3) is 0.412. The van der Waals surface area contributed by atoms with E-state index in [1.165, 1.54) is 12.1 Å². The topological polar surface area (TPSA) is 85.6 Å². The summed E-state index contributed by atoms with van der Waals surface area (Å²) in [6, 6.07) is 8.27. The van der Waals surface area contributed by atoms with Gasteiger partial charge in [-0.15, -0.1) is 0 Å². The normalized spacial score (nSPS) is 20.3. The molecule has 1 aromatic carbocycles. The number of ether oxygens (including phenoxy) is 1. The van der Waals surface area contributed by atoms with Crippen molar-refractivity contribution in [2.45, 2.75) is 20.3 Å². The lowest BCUT2D eigenvalue weighted by atomic mass is 9.90. The molecule has 1 fully saturated rings. The van der Waals surface area contributed by atoms with Gasteiger partial charge >= 0.3 is 5.97 Å². The van der Waals surface area contributed by atoms with Gasteiger partial charge in [0.2, 0.25) is 0 Å². The van der Waals surface area contributed by atoms with Crippen LogP contribution in [0.25, 0.3) is 10.9 Å². The summed E-state index contributed by atoms with van der Waals surface area (Å²) < 4.78 is 5.17. The number of rotatable bonds is 4. The number of pyridine rings is 1. The Morgan fingerprint density at radius 2 is 2.21 bits per heavy atom. The molecule has 2 aromatic rings. The van der Waals surface area contributed by atoms with Crippen LogP contribution in [0.5, 0.6) is 0 Å². The van der Waals surface area contributed by atoms with Gasteiger partial charge in [0.25, 0.3) is 5.69 Å². The van der Waals surface area contributed by atoms with Gasteiger partial charge in [-0.2, -0.15) is 0 Å². The lowest BCUT2D eigenvalue weighted by Crippen LogP contribution is -2.33. The van der Waals surface area contributed by atoms with E-state index < -0.39 is 10.3 Å². The highest BCUT2D eigenvalue weighted by atomic mass is 16.6. The summed E-state index contributed by atoms with van der Waals surface area (Å²) >= 11 is 0. The molecule has 0 spiro atoms. The molecule has 1 aromatic heterocycles. The Morgan fingerprint density at radius 3 is 2.92 bits per heavy atom. The molecule has 0 saturated carbocycles. The summed E-state index contributed by atoms with van der Waals surface area (Å²) in [4.78, 5) is 29.2. The Labute approximate surface area is 139 Å². The van der Waals surface area contributed by atoms with Crippen molar-refractivity contribution in [3.8, 4) is 0 Å². The first-order valence-electron chi connectivity index (χ1n) is 7.90. The number of aromatic nitrogens is 1. The number of anilines is 1. The highest BCUT2D eigenvalue weighted by Gasteiger charge is 2.42. The molecule has 7 nitrogen and oxygen atoms in total. The van der Waals surface area contributed by atoms with Gasteiger partial charge in [-0.05, 0) is 38.5 Å². The van der Waals surface area contributed by atoms with Crippen LogP contribution in [0.1, 0.15) is 20.3 Å². The second-order valence-corrected chi connectivity index (χ2v) is 6.26. The quantitative estimate of drug-likeness (QED) is 0.487. The van der Waals surface area contributed by atoms with E-state index in [4.69, 9.17) is 4.74 Å². The predicted octanol–water partition coefficient (Wildman–Crippen LogP) is 2.92. The van der Waals surface area contributed by atoms with Crippen LogP contribution in [-0.4, -0.2) is 35.6 Å². The third-order valence-electron chi connectivity index (χ3n) is 4.43. The number of hydrogen-bond acceptors (Lipinski definition) is 6. The average Bonchev–Trinajstić information content (AvgIpc) is 2.98. The van der Waals surface area contributed by atoms with E-state index in [0.717, 1.165) is 17.7 Å². The van der Waals surface area contributed by atoms with Crippen LogP contribution in [0.2, 0.25) is 0 Å². The van der Waals surface area contributed by atoms with Crippen molar-refractivity contribution in [1.29, 1.82) is 0 Å². The first-order valence-corrected chi connectivity index (χ1v) is 7.90. The number of esters is 1. The van der Waals surface area contributed by atoms with Gasteiger partial charge in [-0.3, -0.25) is 14.9 Å². The van der Waals surface area contributed by atoms with E-state index in [1.807, 2.05) is 19.1 Å². The molecule has 1 saturated heterocycles. The maximum atomic E-state index is 12.1. The molecule has 126 valence electrons. The van der Waals surface area contributed by atoms with Gasteiger partial charge in [0.1, 0.15) is 5.82 Å². The average molecular weight is 329 g/mol. The Balaban J connectivity index is 1.84. The fourth-order valence-electron chi connectivity index (χ4n) is 3.02. The van der Waals surface area contributed by atoms with E-state index >= 15 is 0 Å². The third-order valence-corrected chi connectivity index (χ3v) is 4.43. The standard InChI is InChI=1S/C17H19N3O4/c1-3-24-16(21)17(2)8-9-19(11-17)15-7-4-12-10-13(20(22)23)5-6-14(12)18-15/h4-7,10H,3,8-9,11H2,1-2H3. The van der Waals surface area contributed by atoms with E-state index in [2.05, 4.69) is 9.88 Å². The smallest absolute Gasteiger partial charge is 0.313 e. The maximum Gasteiger partial charge on any atom is 0.313 e. The van der Waals surface area contributed by atoms with Gasteiger partial charge < -0.3 is 9.64 Å². The number of nitro benzene ring substituents is 1. The molecule has 1 aliphatic heterocycles. The SMILES string of the molecule is CCOC(=O)C1(C)CCN(c2ccc3cc([N+](=O)[O-])ccc3n2)C1. The zero-order chi connectivity index (χ0) is 17.3. The van der Waals surface area contributed by atoms with Crippen LogP contribution in [0.3, 0.4) is 0 Å². The summed E-state index contributed by atoms with van der Waals surface area (Å²) in [6.45, 7) is 5.37. The molecule has 0 amide bonds. The fourth-order valence-corrected chi connectivity index (χ4v) is 3.02. The highest BCUT2D eigenvalue weighted by molar-refractivity contribution is 5.83. The maximum absolute atomic E-state index is 12.1. The van der Waals surface area contributed by atoms with Crippen LogP contribution in [0.4, 0.5) is 11.5 Å². The highest BCUT2D eigenvalue weighted by Crippen LogP contribution is 2.34. The number of fused-ring (bicyclic) bond motifs is 1. The number of nitrogens with zero attached hydrogens (tertiary/aromatic N) is 3. The molecule has 3 rings (SSSR count). The largest absolute Gasteiger partial charge is 0.466 e. The number of non-ortho nitro benzene ring substituents is 1. The molecule has 0 N–H and O–H groups in total. The molecule has 0 aliphatic carbocycles. The monoisotopic (exact) mass is 329 g/mol. The lowest BCUT2D eigenvalue weighted by molar-refractivity contribution is -0.384. The van der Waals surface area contributed by atoms with E-state index in [0.29, 0.717) is 25.1 Å². The van der Waals surface area contributed by atoms with E-state index in [9.17, 15) is 14.9 Å². The second-order valence-electron chi connectivity index (χ2n) is 6.26. The van der Waals surface area contributed by atoms with Crippen molar-refractivity contribution in [1.82, 2.24) is 4.98 Å².